The third kappa shape index (κ3) is 5.32. The zero-order valence-corrected chi connectivity index (χ0v) is 35.1. The molecule has 7 heterocycles. The van der Waals surface area contributed by atoms with Gasteiger partial charge in [0.05, 0.1) is 28.3 Å². The summed E-state index contributed by atoms with van der Waals surface area (Å²) in [5.41, 5.74) is 23.8. The summed E-state index contributed by atoms with van der Waals surface area (Å²) in [5, 5.41) is 0. The molecule has 4 aliphatic rings. The van der Waals surface area contributed by atoms with Crippen LogP contribution in [0.15, 0.2) is 54.6 Å². The maximum Gasteiger partial charge on any atom is 0.139 e. The Hall–Kier alpha value is -5.20. The highest BCUT2D eigenvalue weighted by Crippen LogP contribution is 2.55. The summed E-state index contributed by atoms with van der Waals surface area (Å²) >= 11 is 0. The van der Waals surface area contributed by atoms with E-state index in [1.165, 1.54) is 67.7 Å². The molecule has 3 aromatic heterocycles. The van der Waals surface area contributed by atoms with Crippen LogP contribution in [0, 0.1) is 20.8 Å². The second kappa shape index (κ2) is 13.2. The minimum Gasteiger partial charge on any atom is -0.456 e. The lowest BCUT2D eigenvalue weighted by Crippen LogP contribution is -2.27. The normalized spacial score (nSPS) is 17.7. The maximum absolute atomic E-state index is 7.36. The molecule has 0 spiro atoms. The van der Waals surface area contributed by atoms with Gasteiger partial charge >= 0.3 is 0 Å². The molecular formula is C50H55N5O. The molecule has 6 heteroatoms. The van der Waals surface area contributed by atoms with Crippen LogP contribution in [0.1, 0.15) is 135 Å². The van der Waals surface area contributed by atoms with Gasteiger partial charge in [0, 0.05) is 55.8 Å². The van der Waals surface area contributed by atoms with Crippen molar-refractivity contribution >= 4 is 44.4 Å². The van der Waals surface area contributed by atoms with Crippen LogP contribution in [-0.4, -0.2) is 38.4 Å². The number of ether oxygens (including phenoxy) is 1. The first kappa shape index (κ1) is 36.4. The number of fused-ring (bicyclic) bond motifs is 10. The lowest BCUT2D eigenvalue weighted by atomic mass is 9.73. The molecule has 6 nitrogen and oxygen atoms in total. The number of aromatic nitrogens is 4. The monoisotopic (exact) mass is 741 g/mol. The quantitative estimate of drug-likeness (QED) is 0.192. The number of hydrogen-bond acceptors (Lipinski definition) is 4. The number of aryl methyl sites for hydroxylation is 4. The van der Waals surface area contributed by atoms with Crippen molar-refractivity contribution in [3.63, 3.8) is 0 Å². The molecule has 0 saturated carbocycles. The number of nitrogens with one attached hydrogen (secondary N) is 2. The second-order valence-corrected chi connectivity index (χ2v) is 17.1. The number of H-pyrrole nitrogens is 2. The number of benzene rings is 2. The van der Waals surface area contributed by atoms with E-state index in [-0.39, 0.29) is 5.41 Å². The van der Waals surface area contributed by atoms with E-state index in [9.17, 15) is 0 Å². The van der Waals surface area contributed by atoms with E-state index >= 15 is 0 Å². The van der Waals surface area contributed by atoms with Gasteiger partial charge < -0.3 is 14.7 Å². The minimum absolute atomic E-state index is 0.277. The van der Waals surface area contributed by atoms with Gasteiger partial charge in [0.25, 0.3) is 0 Å². The van der Waals surface area contributed by atoms with E-state index in [0.717, 1.165) is 93.3 Å². The van der Waals surface area contributed by atoms with Crippen LogP contribution < -0.4 is 4.74 Å². The molecule has 1 fully saturated rings. The first-order valence-electron chi connectivity index (χ1n) is 20.6. The minimum atomic E-state index is -0.277. The Morgan fingerprint density at radius 3 is 2.11 bits per heavy atom. The summed E-state index contributed by atoms with van der Waals surface area (Å²) in [5.74, 6) is 1.93. The Labute approximate surface area is 331 Å². The molecule has 1 unspecified atom stereocenters. The van der Waals surface area contributed by atoms with Gasteiger partial charge in [-0.15, -0.1) is 0 Å². The van der Waals surface area contributed by atoms with Crippen molar-refractivity contribution < 1.29 is 4.74 Å². The third-order valence-electron chi connectivity index (χ3n) is 13.8. The first-order valence-corrected chi connectivity index (χ1v) is 20.6. The molecule has 286 valence electrons. The fourth-order valence-corrected chi connectivity index (χ4v) is 9.98. The van der Waals surface area contributed by atoms with Crippen molar-refractivity contribution in [3.05, 3.63) is 116 Å². The summed E-state index contributed by atoms with van der Waals surface area (Å²) < 4.78 is 7.36. The van der Waals surface area contributed by atoms with Gasteiger partial charge in [-0.05, 0) is 144 Å². The van der Waals surface area contributed by atoms with Gasteiger partial charge in [-0.25, -0.2) is 9.97 Å². The average molecular weight is 742 g/mol. The Morgan fingerprint density at radius 2 is 1.41 bits per heavy atom. The predicted octanol–water partition coefficient (Wildman–Crippen LogP) is 13.0. The Balaban J connectivity index is 1.41. The summed E-state index contributed by atoms with van der Waals surface area (Å²) in [6.07, 6.45) is 4.18. The number of nitrogens with zero attached hydrogens (tertiary/aromatic N) is 3. The van der Waals surface area contributed by atoms with Crippen LogP contribution in [0.4, 0.5) is 0 Å². The fourth-order valence-electron chi connectivity index (χ4n) is 9.98. The van der Waals surface area contributed by atoms with E-state index in [0.29, 0.717) is 6.04 Å². The third-order valence-corrected chi connectivity index (χ3v) is 13.8. The van der Waals surface area contributed by atoms with Crippen LogP contribution >= 0.6 is 0 Å². The van der Waals surface area contributed by atoms with Gasteiger partial charge in [-0.1, -0.05) is 64.1 Å². The van der Waals surface area contributed by atoms with E-state index < -0.39 is 0 Å². The summed E-state index contributed by atoms with van der Waals surface area (Å²) in [4.78, 5) is 21.1. The van der Waals surface area contributed by atoms with Crippen molar-refractivity contribution in [2.24, 2.45) is 0 Å². The van der Waals surface area contributed by atoms with Crippen LogP contribution in [0.25, 0.3) is 55.5 Å². The molecule has 5 aromatic rings. The number of rotatable bonds is 4. The van der Waals surface area contributed by atoms with Gasteiger partial charge in [0.15, 0.2) is 0 Å². The van der Waals surface area contributed by atoms with E-state index in [4.69, 9.17) is 14.7 Å². The van der Waals surface area contributed by atoms with Gasteiger partial charge in [-0.3, -0.25) is 4.90 Å². The van der Waals surface area contributed by atoms with Crippen molar-refractivity contribution in [1.82, 2.24) is 24.8 Å². The largest absolute Gasteiger partial charge is 0.456 e. The molecule has 0 radical (unpaired) electrons. The smallest absolute Gasteiger partial charge is 0.139 e. The molecule has 56 heavy (non-hydrogen) atoms. The summed E-state index contributed by atoms with van der Waals surface area (Å²) in [6.45, 7) is 23.7. The van der Waals surface area contributed by atoms with Gasteiger partial charge in [-0.2, -0.15) is 0 Å². The Bertz CT molecular complexity index is 2730. The maximum atomic E-state index is 7.36. The zero-order valence-electron chi connectivity index (χ0n) is 35.1. The summed E-state index contributed by atoms with van der Waals surface area (Å²) in [7, 11) is 2.25. The zero-order chi connectivity index (χ0) is 39.4. The molecule has 4 aliphatic heterocycles. The fraction of sp³-hybridized carbons (Fsp3) is 0.360. The molecular weight excluding hydrogens is 687 g/mol. The van der Waals surface area contributed by atoms with Crippen molar-refractivity contribution in [1.29, 1.82) is 0 Å². The topological polar surface area (TPSA) is 69.8 Å². The molecule has 9 rings (SSSR count). The van der Waals surface area contributed by atoms with Crippen LogP contribution in [0.3, 0.4) is 0 Å². The molecule has 0 aliphatic carbocycles. The average Bonchev–Trinajstić information content (AvgIpc) is 3.95. The van der Waals surface area contributed by atoms with Crippen molar-refractivity contribution in [3.8, 4) is 22.6 Å². The number of hydrogen-bond donors (Lipinski definition) is 2. The highest BCUT2D eigenvalue weighted by Gasteiger charge is 2.39. The van der Waals surface area contributed by atoms with Crippen molar-refractivity contribution in [2.75, 3.05) is 13.6 Å². The number of allylic oxidation sites excluding steroid dienone is 4. The number of para-hydroxylation sites is 2. The highest BCUT2D eigenvalue weighted by atomic mass is 16.5. The van der Waals surface area contributed by atoms with Crippen LogP contribution in [0.5, 0.6) is 11.5 Å². The summed E-state index contributed by atoms with van der Waals surface area (Å²) in [6, 6.07) is 20.6. The van der Waals surface area contributed by atoms with Crippen LogP contribution in [-0.2, 0) is 11.8 Å². The molecule has 0 amide bonds. The van der Waals surface area contributed by atoms with E-state index in [1.807, 2.05) is 0 Å². The Morgan fingerprint density at radius 1 is 0.732 bits per heavy atom. The molecule has 8 bridgehead atoms. The predicted molar refractivity (Wildman–Crippen MR) is 234 cm³/mol. The number of likely N-dealkylation sites (tertiary alicyclic amines) is 1. The standard InChI is InChI=1S/C50H55N5O/c1-12-32-30(7)40-23-38-26(3)28(5)46(53-38)45(47-29(6)27(4)39(54-47)24-41-31(8)33(13-2)43(52-41)25-42(32)51-40)35-18-15-20-37-49(35)56-48-34(44-21-16-22-55(44)11)17-14-19-36(48)50(37,9)10/h14-15,17-20,23-25,44,51,54H,12-13,16,21-22H2,1-11H3. The molecule has 1 atom stereocenters. The SMILES string of the molecule is CCC1=C(C)c2cc3[nH]c(c(C)c3C)c(-c3cccc4c3Oc3c(C5CCCN5C)cccc3C4(C)C)c3nc(cc4[nH]c(cc1n2)c(CC)c4C)C(C)=C3C. The first-order chi connectivity index (χ1) is 26.8. The van der Waals surface area contributed by atoms with E-state index in [1.54, 1.807) is 0 Å². The lowest BCUT2D eigenvalue weighted by molar-refractivity contribution is 0.306. The van der Waals surface area contributed by atoms with Crippen LogP contribution in [0.2, 0.25) is 0 Å². The lowest BCUT2D eigenvalue weighted by Gasteiger charge is -2.37. The van der Waals surface area contributed by atoms with Crippen molar-refractivity contribution in [2.45, 2.75) is 106 Å². The second-order valence-electron chi connectivity index (χ2n) is 17.1. The number of aromatic amines is 2. The molecule has 2 N–H and O–H groups in total. The Kier molecular flexibility index (Phi) is 8.59. The van der Waals surface area contributed by atoms with Gasteiger partial charge in [0.1, 0.15) is 11.5 Å². The molecule has 2 aromatic carbocycles. The van der Waals surface area contributed by atoms with Gasteiger partial charge in [0.2, 0.25) is 0 Å². The molecule has 1 saturated heterocycles. The van der Waals surface area contributed by atoms with E-state index in [2.05, 4.69) is 146 Å². The highest BCUT2D eigenvalue weighted by molar-refractivity contribution is 6.02.